The van der Waals surface area contributed by atoms with Gasteiger partial charge in [0.25, 0.3) is 0 Å². The maximum atomic E-state index is 5.60. The zero-order valence-corrected chi connectivity index (χ0v) is 9.66. The number of rotatable bonds is 3. The van der Waals surface area contributed by atoms with Gasteiger partial charge < -0.3 is 10.3 Å². The normalized spacial score (nSPS) is 10.6. The van der Waals surface area contributed by atoms with Gasteiger partial charge >= 0.3 is 0 Å². The highest BCUT2D eigenvalue weighted by Crippen LogP contribution is 2.16. The Balaban J connectivity index is 2.02. The van der Waals surface area contributed by atoms with Gasteiger partial charge in [0.1, 0.15) is 0 Å². The highest BCUT2D eigenvalue weighted by atomic mass is 16.5. The molecule has 0 bridgehead atoms. The van der Waals surface area contributed by atoms with Crippen LogP contribution in [0.25, 0.3) is 0 Å². The van der Waals surface area contributed by atoms with Crippen molar-refractivity contribution in [2.45, 2.75) is 26.7 Å². The van der Waals surface area contributed by atoms with Crippen molar-refractivity contribution in [1.82, 2.24) is 5.16 Å². The molecule has 0 aliphatic heterocycles. The van der Waals surface area contributed by atoms with Crippen molar-refractivity contribution in [3.05, 3.63) is 46.6 Å². The number of nitrogens with zero attached hydrogens (tertiary/aromatic N) is 1. The standard InChI is InChI=1S/C13H16N2O/c1-9-3-5-11(6-4-9)7-8-12-10(2)13(14)16-15-12/h3-6H,7-8,14H2,1-2H3. The second-order valence-corrected chi connectivity index (χ2v) is 4.10. The quantitative estimate of drug-likeness (QED) is 0.858. The van der Waals surface area contributed by atoms with Gasteiger partial charge in [-0.05, 0) is 32.3 Å². The molecular formula is C13H16N2O. The topological polar surface area (TPSA) is 52.0 Å². The molecule has 3 nitrogen and oxygen atoms in total. The van der Waals surface area contributed by atoms with Crippen molar-refractivity contribution in [3.63, 3.8) is 0 Å². The van der Waals surface area contributed by atoms with Gasteiger partial charge in [0.2, 0.25) is 5.88 Å². The Hall–Kier alpha value is -1.77. The zero-order chi connectivity index (χ0) is 11.5. The summed E-state index contributed by atoms with van der Waals surface area (Å²) >= 11 is 0. The number of benzene rings is 1. The molecule has 2 N–H and O–H groups in total. The molecule has 0 aliphatic carbocycles. The molecule has 0 aliphatic rings. The third kappa shape index (κ3) is 2.24. The predicted octanol–water partition coefficient (Wildman–Crippen LogP) is 2.66. The first kappa shape index (κ1) is 10.7. The largest absolute Gasteiger partial charge is 0.367 e. The highest BCUT2D eigenvalue weighted by Gasteiger charge is 2.08. The van der Waals surface area contributed by atoms with Crippen LogP contribution in [0.3, 0.4) is 0 Å². The predicted molar refractivity (Wildman–Crippen MR) is 64.2 cm³/mol. The van der Waals surface area contributed by atoms with E-state index in [-0.39, 0.29) is 0 Å². The lowest BCUT2D eigenvalue weighted by atomic mass is 10.1. The summed E-state index contributed by atoms with van der Waals surface area (Å²) in [7, 11) is 0. The minimum atomic E-state index is 0.430. The van der Waals surface area contributed by atoms with Crippen molar-refractivity contribution >= 4 is 5.88 Å². The molecule has 1 aromatic carbocycles. The summed E-state index contributed by atoms with van der Waals surface area (Å²) in [6.45, 7) is 4.03. The van der Waals surface area contributed by atoms with Crippen LogP contribution < -0.4 is 5.73 Å². The lowest BCUT2D eigenvalue weighted by Crippen LogP contribution is -1.94. The SMILES string of the molecule is Cc1ccc(CCc2noc(N)c2C)cc1. The van der Waals surface area contributed by atoms with Crippen LogP contribution in [-0.4, -0.2) is 5.16 Å². The molecule has 0 saturated heterocycles. The van der Waals surface area contributed by atoms with Crippen LogP contribution in [0.1, 0.15) is 22.4 Å². The second-order valence-electron chi connectivity index (χ2n) is 4.10. The summed E-state index contributed by atoms with van der Waals surface area (Å²) in [5.41, 5.74) is 10.1. The maximum Gasteiger partial charge on any atom is 0.225 e. The number of aromatic nitrogens is 1. The first-order valence-electron chi connectivity index (χ1n) is 5.43. The summed E-state index contributed by atoms with van der Waals surface area (Å²) in [4.78, 5) is 0. The number of nitrogens with two attached hydrogens (primary N) is 1. The monoisotopic (exact) mass is 216 g/mol. The van der Waals surface area contributed by atoms with Gasteiger partial charge in [-0.15, -0.1) is 0 Å². The van der Waals surface area contributed by atoms with E-state index in [1.807, 2.05) is 6.92 Å². The fourth-order valence-corrected chi connectivity index (χ4v) is 1.63. The molecule has 84 valence electrons. The Labute approximate surface area is 95.3 Å². The van der Waals surface area contributed by atoms with E-state index in [4.69, 9.17) is 10.3 Å². The molecule has 2 aromatic rings. The zero-order valence-electron chi connectivity index (χ0n) is 9.66. The van der Waals surface area contributed by atoms with E-state index >= 15 is 0 Å². The molecule has 1 heterocycles. The van der Waals surface area contributed by atoms with Gasteiger partial charge in [-0.25, -0.2) is 0 Å². The molecule has 3 heteroatoms. The van der Waals surface area contributed by atoms with Crippen LogP contribution >= 0.6 is 0 Å². The Morgan fingerprint density at radius 3 is 2.38 bits per heavy atom. The van der Waals surface area contributed by atoms with Crippen LogP contribution in [0.4, 0.5) is 5.88 Å². The minimum Gasteiger partial charge on any atom is -0.367 e. The van der Waals surface area contributed by atoms with Crippen LogP contribution in [-0.2, 0) is 12.8 Å². The molecule has 16 heavy (non-hydrogen) atoms. The average molecular weight is 216 g/mol. The number of anilines is 1. The molecule has 0 amide bonds. The van der Waals surface area contributed by atoms with Gasteiger partial charge in [0.15, 0.2) is 0 Å². The van der Waals surface area contributed by atoms with Crippen molar-refractivity contribution in [3.8, 4) is 0 Å². The fraction of sp³-hybridized carbons (Fsp3) is 0.308. The molecule has 1 aromatic heterocycles. The summed E-state index contributed by atoms with van der Waals surface area (Å²) in [5.74, 6) is 0.430. The van der Waals surface area contributed by atoms with E-state index in [1.165, 1.54) is 11.1 Å². The van der Waals surface area contributed by atoms with Crippen LogP contribution in [0.15, 0.2) is 28.8 Å². The summed E-state index contributed by atoms with van der Waals surface area (Å²) < 4.78 is 4.93. The van der Waals surface area contributed by atoms with Crippen molar-refractivity contribution < 1.29 is 4.52 Å². The van der Waals surface area contributed by atoms with Crippen molar-refractivity contribution in [1.29, 1.82) is 0 Å². The fourth-order valence-electron chi connectivity index (χ4n) is 1.63. The molecule has 0 spiro atoms. The molecule has 0 fully saturated rings. The molecule has 0 saturated carbocycles. The average Bonchev–Trinajstić information content (AvgIpc) is 2.60. The van der Waals surface area contributed by atoms with Crippen LogP contribution in [0.5, 0.6) is 0 Å². The first-order valence-corrected chi connectivity index (χ1v) is 5.43. The van der Waals surface area contributed by atoms with E-state index in [2.05, 4.69) is 36.3 Å². The Bertz CT molecular complexity index is 471. The molecule has 0 radical (unpaired) electrons. The van der Waals surface area contributed by atoms with Crippen LogP contribution in [0, 0.1) is 13.8 Å². The highest BCUT2D eigenvalue weighted by molar-refractivity contribution is 5.37. The van der Waals surface area contributed by atoms with Crippen molar-refractivity contribution in [2.24, 2.45) is 0 Å². The third-order valence-corrected chi connectivity index (χ3v) is 2.83. The number of hydrogen-bond donors (Lipinski definition) is 1. The van der Waals surface area contributed by atoms with E-state index in [9.17, 15) is 0 Å². The molecule has 0 atom stereocenters. The maximum absolute atomic E-state index is 5.60. The number of hydrogen-bond acceptors (Lipinski definition) is 3. The number of nitrogen functional groups attached to an aromatic ring is 1. The van der Waals surface area contributed by atoms with Gasteiger partial charge in [0.05, 0.1) is 5.69 Å². The summed E-state index contributed by atoms with van der Waals surface area (Å²) in [6.07, 6.45) is 1.84. The molecule has 0 unspecified atom stereocenters. The summed E-state index contributed by atoms with van der Waals surface area (Å²) in [6, 6.07) is 8.54. The smallest absolute Gasteiger partial charge is 0.225 e. The van der Waals surface area contributed by atoms with Gasteiger partial charge in [0, 0.05) is 5.56 Å². The molecule has 2 rings (SSSR count). The summed E-state index contributed by atoms with van der Waals surface area (Å²) in [5, 5.41) is 3.95. The first-order chi connectivity index (χ1) is 7.66. The lowest BCUT2D eigenvalue weighted by Gasteiger charge is -2.00. The lowest BCUT2D eigenvalue weighted by molar-refractivity contribution is 0.427. The van der Waals surface area contributed by atoms with E-state index in [1.54, 1.807) is 0 Å². The molecular weight excluding hydrogens is 200 g/mol. The Morgan fingerprint density at radius 1 is 1.12 bits per heavy atom. The second kappa shape index (κ2) is 4.39. The van der Waals surface area contributed by atoms with E-state index in [0.29, 0.717) is 5.88 Å². The van der Waals surface area contributed by atoms with E-state index < -0.39 is 0 Å². The van der Waals surface area contributed by atoms with Crippen molar-refractivity contribution in [2.75, 3.05) is 5.73 Å². The number of aryl methyl sites for hydroxylation is 3. The van der Waals surface area contributed by atoms with Crippen LogP contribution in [0.2, 0.25) is 0 Å². The third-order valence-electron chi connectivity index (χ3n) is 2.83. The Morgan fingerprint density at radius 2 is 1.81 bits per heavy atom. The minimum absolute atomic E-state index is 0.430. The van der Waals surface area contributed by atoms with Gasteiger partial charge in [-0.1, -0.05) is 35.0 Å². The van der Waals surface area contributed by atoms with Gasteiger partial charge in [-0.3, -0.25) is 0 Å². The Kier molecular flexibility index (Phi) is 2.95. The van der Waals surface area contributed by atoms with Gasteiger partial charge in [-0.2, -0.15) is 0 Å². The van der Waals surface area contributed by atoms with E-state index in [0.717, 1.165) is 24.1 Å².